The predicted molar refractivity (Wildman–Crippen MR) is 7.97 cm³/mol. The summed E-state index contributed by atoms with van der Waals surface area (Å²) in [7, 11) is 0. The zero-order chi connectivity index (χ0) is 2.71. The van der Waals surface area contributed by atoms with Crippen molar-refractivity contribution in [3.63, 3.8) is 0 Å². The number of rotatable bonds is 0. The van der Waals surface area contributed by atoms with Crippen LogP contribution in [0.1, 0.15) is 0 Å². The quantitative estimate of drug-likeness (QED) is 0.405. The topological polar surface area (TPSA) is 0 Å². The molecule has 0 atom stereocenters. The normalized spacial score (nSPS) is 2.50. The van der Waals surface area contributed by atoms with Gasteiger partial charge in [0.25, 0.3) is 0 Å². The average molecular weight is 118 g/mol. The molecule has 0 heterocycles. The van der Waals surface area contributed by atoms with Crippen LogP contribution in [0.4, 0.5) is 5.91 Å². The van der Waals surface area contributed by atoms with Crippen molar-refractivity contribution in [2.24, 2.45) is 0 Å². The summed E-state index contributed by atoms with van der Waals surface area (Å²) < 4.78 is 19.5. The van der Waals surface area contributed by atoms with E-state index < -0.39 is 21.5 Å². The van der Waals surface area contributed by atoms with E-state index in [0.29, 0.717) is 0 Å². The van der Waals surface area contributed by atoms with E-state index in [1.54, 1.807) is 0 Å². The Morgan fingerprint density at radius 1 is 1.25 bits per heavy atom. The second-order valence-electron chi connectivity index (χ2n) is 0.101. The minimum absolute atomic E-state index is 0. The van der Waals surface area contributed by atoms with Crippen LogP contribution in [0, 0.1) is 0 Å². The molecule has 0 aliphatic rings. The molecule has 0 aromatic rings. The summed E-state index contributed by atoms with van der Waals surface area (Å²) in [6, 6.07) is 0. The van der Waals surface area contributed by atoms with E-state index in [-0.39, 0.29) is 17.1 Å². The van der Waals surface area contributed by atoms with Crippen LogP contribution >= 0.6 is 0 Å². The Morgan fingerprint density at radius 2 is 1.25 bits per heavy atom. The fourth-order valence-corrected chi connectivity index (χ4v) is 0. The summed E-state index contributed by atoms with van der Waals surface area (Å²) in [5, 5.41) is 0. The molecule has 0 rings (SSSR count). The summed E-state index contributed by atoms with van der Waals surface area (Å²) in [6.45, 7) is 0. The smallest absolute Gasteiger partial charge is 0.440 e. The second kappa shape index (κ2) is 8.91. The van der Waals surface area contributed by atoms with Gasteiger partial charge in [-0.05, 0) is 0 Å². The molecule has 0 fully saturated rings. The zero-order valence-electron chi connectivity index (χ0n) is 1.82. The SMILES string of the molecule is [F][Mg][F].[Fe]. The van der Waals surface area contributed by atoms with Crippen molar-refractivity contribution in [3.8, 4) is 0 Å². The van der Waals surface area contributed by atoms with E-state index in [1.165, 1.54) is 0 Å². The Kier molecular flexibility index (Phi) is 19.9. The summed E-state index contributed by atoms with van der Waals surface area (Å²) in [5.74, 6) is 0. The Morgan fingerprint density at radius 3 is 1.25 bits per heavy atom. The van der Waals surface area contributed by atoms with Crippen LogP contribution in [0.2, 0.25) is 0 Å². The monoisotopic (exact) mass is 118 g/mol. The maximum Gasteiger partial charge on any atom is 0.879 e. The predicted octanol–water partition coefficient (Wildman–Crippen LogP) is 0.457. The molecule has 0 aromatic heterocycles. The molecule has 0 bridgehead atoms. The van der Waals surface area contributed by atoms with E-state index in [0.717, 1.165) is 0 Å². The first-order valence-corrected chi connectivity index (χ1v) is 1.60. The molecule has 0 aliphatic carbocycles. The molecule has 4 heavy (non-hydrogen) atoms. The van der Waals surface area contributed by atoms with Crippen molar-refractivity contribution < 1.29 is 23.0 Å². The van der Waals surface area contributed by atoms with Gasteiger partial charge in [-0.25, -0.2) is 0 Å². The number of hydrogen-bond acceptors (Lipinski definition) is 0. The summed E-state index contributed by atoms with van der Waals surface area (Å²) in [5.41, 5.74) is 0. The van der Waals surface area contributed by atoms with E-state index in [4.69, 9.17) is 0 Å². The molecular weight excluding hydrogens is 118 g/mol. The van der Waals surface area contributed by atoms with Gasteiger partial charge < -0.3 is 5.91 Å². The van der Waals surface area contributed by atoms with E-state index in [2.05, 4.69) is 0 Å². The van der Waals surface area contributed by atoms with Gasteiger partial charge in [-0.1, -0.05) is 0 Å². The van der Waals surface area contributed by atoms with Crippen LogP contribution in [0.3, 0.4) is 0 Å². The molecule has 0 aromatic carbocycles. The first kappa shape index (κ1) is 8.94. The van der Waals surface area contributed by atoms with Crippen LogP contribution in [0.25, 0.3) is 0 Å². The largest absolute Gasteiger partial charge is 0.879 e. The molecular formula is F2FeMg. The standard InChI is InChI=1S/2FH.Fe.Mg/h2*1H;;/q;;;+2/p-2. The van der Waals surface area contributed by atoms with Gasteiger partial charge in [-0.3, -0.25) is 0 Å². The maximum atomic E-state index is 9.76. The summed E-state index contributed by atoms with van der Waals surface area (Å²) in [4.78, 5) is 0. The molecule has 0 spiro atoms. The fraction of sp³-hybridized carbons (Fsp3) is 0. The van der Waals surface area contributed by atoms with Crippen LogP contribution in [0.15, 0.2) is 0 Å². The second-order valence-corrected chi connectivity index (χ2v) is 0.303. The summed E-state index contributed by atoms with van der Waals surface area (Å²) in [6.07, 6.45) is 0. The molecule has 0 N–H and O–H groups in total. The Hall–Kier alpha value is 1.15. The number of halogens is 2. The average Bonchev–Trinajstić information content (AvgIpc) is 0.918. The third-order valence-corrected chi connectivity index (χ3v) is 0. The third kappa shape index (κ3) is 11.0. The van der Waals surface area contributed by atoms with E-state index >= 15 is 0 Å². The van der Waals surface area contributed by atoms with Gasteiger partial charge in [0.1, 0.15) is 0 Å². The van der Waals surface area contributed by atoms with Crippen molar-refractivity contribution >= 4 is 21.5 Å². The minimum Gasteiger partial charge on any atom is -0.440 e. The van der Waals surface area contributed by atoms with Gasteiger partial charge >= 0.3 is 21.5 Å². The van der Waals surface area contributed by atoms with Crippen LogP contribution in [-0.4, -0.2) is 21.5 Å². The zero-order valence-corrected chi connectivity index (χ0v) is 4.33. The molecule has 0 nitrogen and oxygen atoms in total. The Balaban J connectivity index is 0. The van der Waals surface area contributed by atoms with Crippen molar-refractivity contribution in [1.82, 2.24) is 0 Å². The molecule has 0 unspecified atom stereocenters. The number of hydrogen-bond donors (Lipinski definition) is 0. The van der Waals surface area contributed by atoms with Crippen LogP contribution in [0.5, 0.6) is 0 Å². The van der Waals surface area contributed by atoms with Gasteiger partial charge in [0, 0.05) is 17.1 Å². The van der Waals surface area contributed by atoms with Gasteiger partial charge in [-0.15, -0.1) is 0 Å². The van der Waals surface area contributed by atoms with Crippen LogP contribution in [-0.2, 0) is 17.1 Å². The van der Waals surface area contributed by atoms with Crippen molar-refractivity contribution in [1.29, 1.82) is 0 Å². The molecule has 0 saturated carbocycles. The van der Waals surface area contributed by atoms with Gasteiger partial charge in [0.05, 0.1) is 0 Å². The van der Waals surface area contributed by atoms with Crippen molar-refractivity contribution in [3.05, 3.63) is 0 Å². The minimum atomic E-state index is -2.58. The van der Waals surface area contributed by atoms with Crippen LogP contribution < -0.4 is 0 Å². The third-order valence-electron chi connectivity index (χ3n) is 0. The molecule has 0 radical (unpaired) electrons. The fourth-order valence-electron chi connectivity index (χ4n) is 0. The van der Waals surface area contributed by atoms with Gasteiger partial charge in [0.2, 0.25) is 0 Å². The van der Waals surface area contributed by atoms with Gasteiger partial charge in [0.15, 0.2) is 0 Å². The maximum absolute atomic E-state index is 9.76. The van der Waals surface area contributed by atoms with Crippen molar-refractivity contribution in [2.45, 2.75) is 0 Å². The van der Waals surface area contributed by atoms with Crippen molar-refractivity contribution in [2.75, 3.05) is 0 Å². The first-order chi connectivity index (χ1) is 1.41. The van der Waals surface area contributed by atoms with E-state index in [1.807, 2.05) is 0 Å². The van der Waals surface area contributed by atoms with Gasteiger partial charge in [-0.2, -0.15) is 0 Å². The Bertz CT molecular complexity index is 6.00. The molecule has 24 valence electrons. The Labute approximate surface area is 44.6 Å². The molecule has 0 aliphatic heterocycles. The molecule has 4 heteroatoms. The summed E-state index contributed by atoms with van der Waals surface area (Å²) >= 11 is -2.58. The molecule has 0 amide bonds. The molecule has 0 saturated heterocycles. The first-order valence-electron chi connectivity index (χ1n) is 0.535. The van der Waals surface area contributed by atoms with E-state index in [9.17, 15) is 5.91 Å².